The maximum Gasteiger partial charge on any atom is 0.337 e. The van der Waals surface area contributed by atoms with E-state index in [9.17, 15) is 15.0 Å². The molecule has 3 aromatic rings. The molecule has 163 valence electrons. The van der Waals surface area contributed by atoms with Crippen LogP contribution in [0.2, 0.25) is 0 Å². The van der Waals surface area contributed by atoms with Crippen molar-refractivity contribution in [2.45, 2.75) is 20.8 Å². The summed E-state index contributed by atoms with van der Waals surface area (Å²) in [6.07, 6.45) is 0. The summed E-state index contributed by atoms with van der Waals surface area (Å²) in [5.41, 5.74) is 6.76. The molecule has 0 unspecified atom stereocenters. The molecule has 1 radical (unpaired) electrons. The summed E-state index contributed by atoms with van der Waals surface area (Å²) in [5, 5.41) is 32.4. The van der Waals surface area contributed by atoms with E-state index in [0.29, 0.717) is 11.3 Å². The number of amidine groups is 1. The molecule has 0 bridgehead atoms. The Morgan fingerprint density at radius 3 is 2.32 bits per heavy atom. The number of phenols is 1. The zero-order valence-electron chi connectivity index (χ0n) is 17.2. The van der Waals surface area contributed by atoms with Crippen molar-refractivity contribution >= 4 is 23.2 Å². The third-order valence-electron chi connectivity index (χ3n) is 4.39. The number of aromatic carboxylic acids is 1. The molecule has 0 aliphatic carbocycles. The van der Waals surface area contributed by atoms with Gasteiger partial charge in [-0.2, -0.15) is 5.10 Å². The summed E-state index contributed by atoms with van der Waals surface area (Å²) in [4.78, 5) is 11.5. The minimum absolute atomic E-state index is 0. The minimum Gasteiger partial charge on any atom is -0.505 e. The van der Waals surface area contributed by atoms with Crippen LogP contribution in [0.5, 0.6) is 5.75 Å². The van der Waals surface area contributed by atoms with Gasteiger partial charge in [0.25, 0.3) is 0 Å². The number of aryl methyl sites for hydroxylation is 3. The molecular weight excluding hydrogens is 444 g/mol. The average molecular weight is 466 g/mol. The zero-order chi connectivity index (χ0) is 21.7. The third kappa shape index (κ3) is 6.01. The van der Waals surface area contributed by atoms with Crippen LogP contribution in [0.1, 0.15) is 32.6 Å². The second kappa shape index (κ2) is 10.5. The Bertz CT molecular complexity index is 1150. The largest absolute Gasteiger partial charge is 0.505 e. The van der Waals surface area contributed by atoms with E-state index in [4.69, 9.17) is 0 Å². The third-order valence-corrected chi connectivity index (χ3v) is 4.39. The Labute approximate surface area is 191 Å². The number of hydrogen-bond donors (Lipinski definition) is 3. The quantitative estimate of drug-likeness (QED) is 0.114. The van der Waals surface area contributed by atoms with E-state index in [1.165, 1.54) is 0 Å². The Morgan fingerprint density at radius 2 is 1.65 bits per heavy atom. The van der Waals surface area contributed by atoms with Crippen LogP contribution in [0.3, 0.4) is 0 Å². The molecule has 0 atom stereocenters. The number of anilines is 1. The van der Waals surface area contributed by atoms with Gasteiger partial charge in [0.05, 0.1) is 11.3 Å². The van der Waals surface area contributed by atoms with Crippen molar-refractivity contribution in [1.82, 2.24) is 0 Å². The molecule has 3 rings (SSSR count). The number of nitrogens with one attached hydrogen (secondary N) is 1. The van der Waals surface area contributed by atoms with Crippen molar-refractivity contribution in [2.24, 2.45) is 15.3 Å². The molecule has 0 saturated carbocycles. The Morgan fingerprint density at radius 1 is 0.935 bits per heavy atom. The van der Waals surface area contributed by atoms with Crippen LogP contribution in [0.4, 0.5) is 11.4 Å². The maximum atomic E-state index is 11.5. The standard InChI is InChI=1S/C23H22N4O3.Cu/c1-14-9-10-19(18(12-14)23(29)30)24-26-22(17-7-5-4-6-8-17)27-25-20-13-15(2)11-16(3)21(20)28;/h4-13,25,28H,1-3H3,(H,29,30);/b26-24?,27-22-;. The number of azo groups is 1. The Hall–Kier alpha value is -3.48. The first kappa shape index (κ1) is 23.8. The zero-order valence-corrected chi connectivity index (χ0v) is 18.2. The number of carboxylic acids is 1. The number of aromatic hydroxyl groups is 1. The van der Waals surface area contributed by atoms with Gasteiger partial charge in [-0.3, -0.25) is 5.43 Å². The van der Waals surface area contributed by atoms with Crippen LogP contribution in [-0.4, -0.2) is 22.0 Å². The number of nitrogens with zero attached hydrogens (tertiary/aromatic N) is 3. The van der Waals surface area contributed by atoms with Crippen molar-refractivity contribution < 1.29 is 32.1 Å². The van der Waals surface area contributed by atoms with E-state index in [-0.39, 0.29) is 39.9 Å². The molecule has 0 spiro atoms. The molecule has 0 heterocycles. The van der Waals surface area contributed by atoms with E-state index in [1.54, 1.807) is 31.2 Å². The van der Waals surface area contributed by atoms with Gasteiger partial charge in [-0.05, 0) is 50.1 Å². The van der Waals surface area contributed by atoms with Gasteiger partial charge < -0.3 is 10.2 Å². The van der Waals surface area contributed by atoms with Gasteiger partial charge in [0.1, 0.15) is 11.4 Å². The van der Waals surface area contributed by atoms with E-state index in [1.807, 2.05) is 50.2 Å². The van der Waals surface area contributed by atoms with Gasteiger partial charge >= 0.3 is 5.97 Å². The number of phenolic OH excluding ortho intramolecular Hbond substituents is 1. The second-order valence-corrected chi connectivity index (χ2v) is 6.92. The first-order valence-electron chi connectivity index (χ1n) is 9.30. The van der Waals surface area contributed by atoms with E-state index >= 15 is 0 Å². The number of benzene rings is 3. The summed E-state index contributed by atoms with van der Waals surface area (Å²) in [6, 6.07) is 17.7. The molecule has 0 fully saturated rings. The number of hydrogen-bond acceptors (Lipinski definition) is 5. The van der Waals surface area contributed by atoms with Gasteiger partial charge in [0.2, 0.25) is 5.84 Å². The molecular formula is C23H22CuN4O3. The maximum absolute atomic E-state index is 11.5. The van der Waals surface area contributed by atoms with E-state index in [0.717, 1.165) is 16.7 Å². The summed E-state index contributed by atoms with van der Waals surface area (Å²) >= 11 is 0. The number of carbonyl (C=O) groups is 1. The monoisotopic (exact) mass is 465 g/mol. The Kier molecular flexibility index (Phi) is 8.07. The molecule has 3 N–H and O–H groups in total. The van der Waals surface area contributed by atoms with Gasteiger partial charge in [-0.25, -0.2) is 4.79 Å². The molecule has 7 nitrogen and oxygen atoms in total. The molecule has 3 aromatic carbocycles. The molecule has 31 heavy (non-hydrogen) atoms. The first-order valence-corrected chi connectivity index (χ1v) is 9.30. The second-order valence-electron chi connectivity index (χ2n) is 6.92. The van der Waals surface area contributed by atoms with Crippen molar-refractivity contribution in [3.05, 3.63) is 88.5 Å². The van der Waals surface area contributed by atoms with Crippen molar-refractivity contribution in [1.29, 1.82) is 0 Å². The fourth-order valence-corrected chi connectivity index (χ4v) is 2.90. The number of rotatable bonds is 5. The fraction of sp³-hybridized carbons (Fsp3) is 0.130. The summed E-state index contributed by atoms with van der Waals surface area (Å²) in [5.74, 6) is -0.740. The predicted octanol–water partition coefficient (Wildman–Crippen LogP) is 5.57. The molecule has 0 saturated heterocycles. The van der Waals surface area contributed by atoms with Crippen LogP contribution in [0, 0.1) is 20.8 Å². The molecule has 0 aliphatic heterocycles. The van der Waals surface area contributed by atoms with Gasteiger partial charge in [-0.15, -0.1) is 10.2 Å². The van der Waals surface area contributed by atoms with Crippen LogP contribution in [0.25, 0.3) is 0 Å². The average Bonchev–Trinajstić information content (AvgIpc) is 2.72. The molecule has 0 amide bonds. The van der Waals surface area contributed by atoms with Crippen LogP contribution >= 0.6 is 0 Å². The van der Waals surface area contributed by atoms with E-state index in [2.05, 4.69) is 20.8 Å². The molecule has 8 heteroatoms. The van der Waals surface area contributed by atoms with E-state index < -0.39 is 5.97 Å². The number of hydrazone groups is 1. The van der Waals surface area contributed by atoms with Crippen LogP contribution < -0.4 is 5.43 Å². The van der Waals surface area contributed by atoms with Crippen LogP contribution in [0.15, 0.2) is 76.0 Å². The number of carboxylic acid groups (broad SMARTS) is 1. The fourth-order valence-electron chi connectivity index (χ4n) is 2.90. The predicted molar refractivity (Wildman–Crippen MR) is 117 cm³/mol. The topological polar surface area (TPSA) is 107 Å². The summed E-state index contributed by atoms with van der Waals surface area (Å²) < 4.78 is 0. The van der Waals surface area contributed by atoms with Crippen molar-refractivity contribution in [2.75, 3.05) is 5.43 Å². The molecule has 0 aliphatic rings. The summed E-state index contributed by atoms with van der Waals surface area (Å²) in [7, 11) is 0. The first-order chi connectivity index (χ1) is 14.3. The van der Waals surface area contributed by atoms with Gasteiger partial charge in [0.15, 0.2) is 0 Å². The SMILES string of the molecule is Cc1cc(C)c(O)c(N/N=C(\N=Nc2ccc(C)cc2C(=O)O)c2ccccc2)c1.[Cu]. The van der Waals surface area contributed by atoms with Gasteiger partial charge in [-0.1, -0.05) is 48.0 Å². The van der Waals surface area contributed by atoms with Crippen molar-refractivity contribution in [3.63, 3.8) is 0 Å². The van der Waals surface area contributed by atoms with Gasteiger partial charge in [0, 0.05) is 22.6 Å². The smallest absolute Gasteiger partial charge is 0.337 e. The Balaban J connectivity index is 0.00000341. The minimum atomic E-state index is -1.08. The van der Waals surface area contributed by atoms with Crippen molar-refractivity contribution in [3.8, 4) is 5.75 Å². The normalized spacial score (nSPS) is 11.3. The van der Waals surface area contributed by atoms with Crippen LogP contribution in [-0.2, 0) is 17.1 Å². The molecule has 0 aromatic heterocycles. The summed E-state index contributed by atoms with van der Waals surface area (Å²) in [6.45, 7) is 5.54.